The molecule has 1 aromatic rings. The summed E-state index contributed by atoms with van der Waals surface area (Å²) in [5, 5.41) is 2.98. The molecule has 1 aromatic heterocycles. The first-order valence-corrected chi connectivity index (χ1v) is 8.00. The highest BCUT2D eigenvalue weighted by Crippen LogP contribution is 2.32. The van der Waals surface area contributed by atoms with E-state index in [1.165, 1.54) is 38.5 Å². The molecule has 1 fully saturated rings. The molecular weight excluding hydrogens is 248 g/mol. The minimum Gasteiger partial charge on any atom is -0.324 e. The summed E-state index contributed by atoms with van der Waals surface area (Å²) in [5.41, 5.74) is 0.808. The third-order valence-corrected chi connectivity index (χ3v) is 4.36. The van der Waals surface area contributed by atoms with Crippen molar-refractivity contribution in [3.05, 3.63) is 24.5 Å². The van der Waals surface area contributed by atoms with E-state index in [0.717, 1.165) is 24.4 Å². The van der Waals surface area contributed by atoms with E-state index in [-0.39, 0.29) is 11.8 Å². The van der Waals surface area contributed by atoms with Crippen molar-refractivity contribution in [2.24, 2.45) is 11.8 Å². The van der Waals surface area contributed by atoms with E-state index in [2.05, 4.69) is 17.2 Å². The Labute approximate surface area is 122 Å². The Kier molecular flexibility index (Phi) is 6.03. The molecule has 110 valence electrons. The minimum atomic E-state index is 0.171. The molecule has 0 spiro atoms. The van der Waals surface area contributed by atoms with Gasteiger partial charge < -0.3 is 5.32 Å². The summed E-state index contributed by atoms with van der Waals surface area (Å²) >= 11 is 0. The lowest BCUT2D eigenvalue weighted by molar-refractivity contribution is -0.121. The zero-order chi connectivity index (χ0) is 14.2. The van der Waals surface area contributed by atoms with Gasteiger partial charge in [0.1, 0.15) is 0 Å². The third-order valence-electron chi connectivity index (χ3n) is 4.36. The quantitative estimate of drug-likeness (QED) is 0.781. The van der Waals surface area contributed by atoms with Crippen molar-refractivity contribution in [2.75, 3.05) is 5.32 Å². The number of nitrogens with zero attached hydrogens (tertiary/aromatic N) is 1. The summed E-state index contributed by atoms with van der Waals surface area (Å²) in [7, 11) is 0. The van der Waals surface area contributed by atoms with Gasteiger partial charge in [-0.3, -0.25) is 9.78 Å². The molecule has 1 amide bonds. The topological polar surface area (TPSA) is 42.0 Å². The minimum absolute atomic E-state index is 0.171. The van der Waals surface area contributed by atoms with Crippen LogP contribution in [0.15, 0.2) is 24.5 Å². The molecule has 3 nitrogen and oxygen atoms in total. The molecule has 0 unspecified atom stereocenters. The average molecular weight is 274 g/mol. The molecule has 2 rings (SSSR count). The van der Waals surface area contributed by atoms with Gasteiger partial charge in [-0.1, -0.05) is 32.6 Å². The van der Waals surface area contributed by atoms with Crippen molar-refractivity contribution < 1.29 is 4.79 Å². The first kappa shape index (κ1) is 15.0. The monoisotopic (exact) mass is 274 g/mol. The van der Waals surface area contributed by atoms with E-state index in [1.54, 1.807) is 12.4 Å². The Hall–Kier alpha value is -1.38. The molecule has 0 bridgehead atoms. The number of unbranched alkanes of at least 4 members (excludes halogenated alkanes) is 2. The molecular formula is C17H26N2O. The molecule has 0 aliphatic heterocycles. The van der Waals surface area contributed by atoms with Crippen LogP contribution in [0.4, 0.5) is 5.69 Å². The van der Waals surface area contributed by atoms with Crippen LogP contribution in [-0.2, 0) is 4.79 Å². The number of hydrogen-bond donors (Lipinski definition) is 1. The number of carbonyl (C=O) groups is 1. The Balaban J connectivity index is 1.72. The van der Waals surface area contributed by atoms with Crippen LogP contribution in [0.3, 0.4) is 0 Å². The lowest BCUT2D eigenvalue weighted by Gasteiger charge is -2.27. The van der Waals surface area contributed by atoms with Crippen molar-refractivity contribution in [2.45, 2.75) is 58.3 Å². The highest BCUT2D eigenvalue weighted by Gasteiger charge is 2.25. The van der Waals surface area contributed by atoms with E-state index >= 15 is 0 Å². The molecule has 1 saturated carbocycles. The maximum atomic E-state index is 12.2. The van der Waals surface area contributed by atoms with Gasteiger partial charge in [0, 0.05) is 12.1 Å². The number of aromatic nitrogens is 1. The molecule has 1 heterocycles. The second-order valence-corrected chi connectivity index (χ2v) is 5.94. The molecule has 1 aliphatic rings. The summed E-state index contributed by atoms with van der Waals surface area (Å²) in [5.74, 6) is 1.21. The first-order chi connectivity index (χ1) is 9.79. The lowest BCUT2D eigenvalue weighted by Crippen LogP contribution is -2.27. The molecule has 3 heteroatoms. The summed E-state index contributed by atoms with van der Waals surface area (Å²) in [6, 6.07) is 3.74. The molecule has 1 N–H and O–H groups in total. The van der Waals surface area contributed by atoms with E-state index in [1.807, 2.05) is 12.1 Å². The SMILES string of the molecule is CCCCCC1CCC(C(=O)Nc2cccnc2)CC1. The number of carbonyl (C=O) groups excluding carboxylic acids is 1. The van der Waals surface area contributed by atoms with Crippen molar-refractivity contribution >= 4 is 11.6 Å². The number of amides is 1. The highest BCUT2D eigenvalue weighted by atomic mass is 16.1. The van der Waals surface area contributed by atoms with Gasteiger partial charge >= 0.3 is 0 Å². The van der Waals surface area contributed by atoms with Gasteiger partial charge in [-0.2, -0.15) is 0 Å². The van der Waals surface area contributed by atoms with Crippen LogP contribution in [0.1, 0.15) is 58.3 Å². The van der Waals surface area contributed by atoms with Crippen molar-refractivity contribution in [3.63, 3.8) is 0 Å². The average Bonchev–Trinajstić information content (AvgIpc) is 2.49. The van der Waals surface area contributed by atoms with Crippen LogP contribution in [0.2, 0.25) is 0 Å². The fourth-order valence-electron chi connectivity index (χ4n) is 3.08. The van der Waals surface area contributed by atoms with Gasteiger partial charge in [0.05, 0.1) is 11.9 Å². The van der Waals surface area contributed by atoms with E-state index < -0.39 is 0 Å². The van der Waals surface area contributed by atoms with Gasteiger partial charge in [0.15, 0.2) is 0 Å². The van der Waals surface area contributed by atoms with Gasteiger partial charge in [-0.25, -0.2) is 0 Å². The summed E-state index contributed by atoms with van der Waals surface area (Å²) in [6.45, 7) is 2.25. The van der Waals surface area contributed by atoms with Crippen LogP contribution in [-0.4, -0.2) is 10.9 Å². The maximum absolute atomic E-state index is 12.2. The normalized spacial score (nSPS) is 22.4. The first-order valence-electron chi connectivity index (χ1n) is 8.00. The second-order valence-electron chi connectivity index (χ2n) is 5.94. The number of pyridine rings is 1. The number of anilines is 1. The summed E-state index contributed by atoms with van der Waals surface area (Å²) in [4.78, 5) is 16.2. The van der Waals surface area contributed by atoms with E-state index in [4.69, 9.17) is 0 Å². The van der Waals surface area contributed by atoms with Crippen molar-refractivity contribution in [3.8, 4) is 0 Å². The van der Waals surface area contributed by atoms with Crippen molar-refractivity contribution in [1.82, 2.24) is 4.98 Å². The van der Waals surface area contributed by atoms with E-state index in [9.17, 15) is 4.79 Å². The third kappa shape index (κ3) is 4.62. The van der Waals surface area contributed by atoms with Gasteiger partial charge in [-0.15, -0.1) is 0 Å². The Bertz CT molecular complexity index is 397. The number of nitrogens with one attached hydrogen (secondary N) is 1. The summed E-state index contributed by atoms with van der Waals surface area (Å²) in [6.07, 6.45) is 13.3. The molecule has 0 saturated heterocycles. The molecule has 0 aromatic carbocycles. The summed E-state index contributed by atoms with van der Waals surface area (Å²) < 4.78 is 0. The second kappa shape index (κ2) is 8.03. The predicted molar refractivity (Wildman–Crippen MR) is 82.5 cm³/mol. The number of hydrogen-bond acceptors (Lipinski definition) is 2. The predicted octanol–water partition coefficient (Wildman–Crippen LogP) is 4.41. The Morgan fingerprint density at radius 3 is 2.75 bits per heavy atom. The lowest BCUT2D eigenvalue weighted by atomic mass is 9.79. The van der Waals surface area contributed by atoms with Gasteiger partial charge in [-0.05, 0) is 43.7 Å². The number of rotatable bonds is 6. The largest absolute Gasteiger partial charge is 0.324 e. The van der Waals surface area contributed by atoms with Crippen molar-refractivity contribution in [1.29, 1.82) is 0 Å². The molecule has 0 radical (unpaired) electrons. The van der Waals surface area contributed by atoms with Gasteiger partial charge in [0.25, 0.3) is 0 Å². The zero-order valence-electron chi connectivity index (χ0n) is 12.5. The molecule has 1 aliphatic carbocycles. The van der Waals surface area contributed by atoms with E-state index in [0.29, 0.717) is 0 Å². The van der Waals surface area contributed by atoms with Crippen LogP contribution >= 0.6 is 0 Å². The van der Waals surface area contributed by atoms with Crippen LogP contribution in [0, 0.1) is 11.8 Å². The Morgan fingerprint density at radius 2 is 2.10 bits per heavy atom. The zero-order valence-corrected chi connectivity index (χ0v) is 12.5. The van der Waals surface area contributed by atoms with Gasteiger partial charge in [0.2, 0.25) is 5.91 Å². The fraction of sp³-hybridized carbons (Fsp3) is 0.647. The van der Waals surface area contributed by atoms with Crippen LogP contribution < -0.4 is 5.32 Å². The standard InChI is InChI=1S/C17H26N2O/c1-2-3-4-6-14-8-10-15(11-9-14)17(20)19-16-7-5-12-18-13-16/h5,7,12-15H,2-4,6,8-11H2,1H3,(H,19,20). The fourth-order valence-corrected chi connectivity index (χ4v) is 3.08. The van der Waals surface area contributed by atoms with Crippen LogP contribution in [0.25, 0.3) is 0 Å². The smallest absolute Gasteiger partial charge is 0.227 e. The molecule has 20 heavy (non-hydrogen) atoms. The molecule has 0 atom stereocenters. The Morgan fingerprint density at radius 1 is 1.30 bits per heavy atom. The van der Waals surface area contributed by atoms with Crippen LogP contribution in [0.5, 0.6) is 0 Å². The maximum Gasteiger partial charge on any atom is 0.227 e. The highest BCUT2D eigenvalue weighted by molar-refractivity contribution is 5.92.